The van der Waals surface area contributed by atoms with Gasteiger partial charge in [0.25, 0.3) is 5.91 Å². The van der Waals surface area contributed by atoms with Gasteiger partial charge < -0.3 is 19.7 Å². The quantitative estimate of drug-likeness (QED) is 0.708. The number of aromatic amines is 1. The number of aliphatic hydroxyl groups excluding tert-OH is 1. The highest BCUT2D eigenvalue weighted by molar-refractivity contribution is 5.78. The molecule has 2 heterocycles. The molecule has 0 radical (unpaired) electrons. The van der Waals surface area contributed by atoms with Crippen molar-refractivity contribution in [3.05, 3.63) is 64.6 Å². The molecule has 0 aliphatic carbocycles. The van der Waals surface area contributed by atoms with E-state index in [0.717, 1.165) is 29.4 Å². The number of carbonyl (C=O) groups excluding carboxylic acids is 1. The minimum Gasteiger partial charge on any atom is -0.484 e. The number of ether oxygens (including phenoxy) is 1. The molecule has 146 valence electrons. The lowest BCUT2D eigenvalue weighted by molar-refractivity contribution is -0.134. The van der Waals surface area contributed by atoms with Crippen LogP contribution < -0.4 is 10.4 Å². The van der Waals surface area contributed by atoms with Crippen molar-refractivity contribution in [2.75, 3.05) is 19.7 Å². The Hall–Kier alpha value is -3.06. The van der Waals surface area contributed by atoms with Crippen molar-refractivity contribution in [3.8, 4) is 5.75 Å². The van der Waals surface area contributed by atoms with E-state index in [1.54, 1.807) is 29.2 Å². The smallest absolute Gasteiger partial charge is 0.326 e. The maximum absolute atomic E-state index is 12.5. The van der Waals surface area contributed by atoms with Crippen LogP contribution in [0, 0.1) is 0 Å². The van der Waals surface area contributed by atoms with E-state index < -0.39 is 0 Å². The summed E-state index contributed by atoms with van der Waals surface area (Å²) >= 11 is 0. The number of nitrogens with one attached hydrogen (secondary N) is 1. The predicted octanol–water partition coefficient (Wildman–Crippen LogP) is 2.06. The molecule has 28 heavy (non-hydrogen) atoms. The van der Waals surface area contributed by atoms with Crippen molar-refractivity contribution in [1.29, 1.82) is 0 Å². The van der Waals surface area contributed by atoms with Gasteiger partial charge in [-0.2, -0.15) is 0 Å². The Kier molecular flexibility index (Phi) is 5.16. The Labute approximate surface area is 162 Å². The van der Waals surface area contributed by atoms with E-state index in [-0.39, 0.29) is 30.9 Å². The molecule has 0 atom stereocenters. The molecule has 2 N–H and O–H groups in total. The third-order valence-electron chi connectivity index (χ3n) is 5.27. The average Bonchev–Trinajstić information content (AvgIpc) is 3.08. The van der Waals surface area contributed by atoms with Crippen LogP contribution in [-0.4, -0.2) is 45.2 Å². The first-order chi connectivity index (χ1) is 13.7. The summed E-state index contributed by atoms with van der Waals surface area (Å²) in [5.41, 5.74) is 2.45. The van der Waals surface area contributed by atoms with Gasteiger partial charge in [-0.25, -0.2) is 4.79 Å². The SMILES string of the molecule is O=C(COc1ccc(CO)cc1)N1CCC(n2c(=O)[nH]c3ccccc32)CC1. The first-order valence-corrected chi connectivity index (χ1v) is 9.45. The van der Waals surface area contributed by atoms with Crippen molar-refractivity contribution in [2.45, 2.75) is 25.5 Å². The summed E-state index contributed by atoms with van der Waals surface area (Å²) in [5.74, 6) is 0.543. The molecule has 1 fully saturated rings. The second kappa shape index (κ2) is 7.90. The lowest BCUT2D eigenvalue weighted by Crippen LogP contribution is -2.42. The zero-order chi connectivity index (χ0) is 19.5. The third-order valence-corrected chi connectivity index (χ3v) is 5.27. The van der Waals surface area contributed by atoms with Crippen LogP contribution in [0.25, 0.3) is 11.0 Å². The summed E-state index contributed by atoms with van der Waals surface area (Å²) in [4.78, 5) is 29.5. The molecular formula is C21H23N3O4. The van der Waals surface area contributed by atoms with E-state index >= 15 is 0 Å². The maximum Gasteiger partial charge on any atom is 0.326 e. The molecule has 1 saturated heterocycles. The molecule has 2 aromatic carbocycles. The van der Waals surface area contributed by atoms with Gasteiger partial charge in [-0.05, 0) is 42.7 Å². The molecule has 0 unspecified atom stereocenters. The van der Waals surface area contributed by atoms with E-state index in [1.165, 1.54) is 0 Å². The number of hydrogen-bond donors (Lipinski definition) is 2. The number of para-hydroxylation sites is 2. The Morgan fingerprint density at radius 1 is 1.11 bits per heavy atom. The van der Waals surface area contributed by atoms with Gasteiger partial charge in [0.15, 0.2) is 6.61 Å². The molecule has 1 aliphatic rings. The number of aliphatic hydroxyl groups is 1. The fourth-order valence-corrected chi connectivity index (χ4v) is 3.74. The van der Waals surface area contributed by atoms with Crippen molar-refractivity contribution < 1.29 is 14.6 Å². The normalized spacial score (nSPS) is 15.1. The predicted molar refractivity (Wildman–Crippen MR) is 105 cm³/mol. The number of fused-ring (bicyclic) bond motifs is 1. The van der Waals surface area contributed by atoms with Gasteiger partial charge in [0.05, 0.1) is 17.6 Å². The Bertz CT molecular complexity index is 1010. The number of piperidine rings is 1. The topological polar surface area (TPSA) is 87.6 Å². The van der Waals surface area contributed by atoms with E-state index in [9.17, 15) is 9.59 Å². The fraction of sp³-hybridized carbons (Fsp3) is 0.333. The van der Waals surface area contributed by atoms with Gasteiger partial charge >= 0.3 is 5.69 Å². The van der Waals surface area contributed by atoms with Gasteiger partial charge in [0.2, 0.25) is 0 Å². The van der Waals surface area contributed by atoms with Crippen molar-refractivity contribution in [3.63, 3.8) is 0 Å². The van der Waals surface area contributed by atoms with E-state index in [2.05, 4.69) is 4.98 Å². The number of benzene rings is 2. The van der Waals surface area contributed by atoms with Crippen LogP contribution in [0.5, 0.6) is 5.75 Å². The van der Waals surface area contributed by atoms with Crippen LogP contribution in [0.3, 0.4) is 0 Å². The fourth-order valence-electron chi connectivity index (χ4n) is 3.74. The molecule has 0 bridgehead atoms. The Balaban J connectivity index is 1.35. The number of hydrogen-bond acceptors (Lipinski definition) is 4. The van der Waals surface area contributed by atoms with Gasteiger partial charge in [-0.15, -0.1) is 0 Å². The number of imidazole rings is 1. The van der Waals surface area contributed by atoms with Gasteiger partial charge in [0.1, 0.15) is 5.75 Å². The lowest BCUT2D eigenvalue weighted by atomic mass is 10.0. The van der Waals surface area contributed by atoms with Crippen molar-refractivity contribution in [2.24, 2.45) is 0 Å². The van der Waals surface area contributed by atoms with Crippen molar-refractivity contribution in [1.82, 2.24) is 14.5 Å². The molecule has 0 spiro atoms. The summed E-state index contributed by atoms with van der Waals surface area (Å²) in [5, 5.41) is 9.06. The second-order valence-electron chi connectivity index (χ2n) is 7.02. The maximum atomic E-state index is 12.5. The minimum absolute atomic E-state index is 0.0177. The molecule has 0 saturated carbocycles. The number of aromatic nitrogens is 2. The minimum atomic E-state index is -0.0966. The average molecular weight is 381 g/mol. The second-order valence-corrected chi connectivity index (χ2v) is 7.02. The Morgan fingerprint density at radius 3 is 2.54 bits per heavy atom. The summed E-state index contributed by atoms with van der Waals surface area (Å²) in [7, 11) is 0. The van der Waals surface area contributed by atoms with Crippen LogP contribution in [0.4, 0.5) is 0 Å². The number of amides is 1. The number of nitrogens with zero attached hydrogens (tertiary/aromatic N) is 2. The monoisotopic (exact) mass is 381 g/mol. The molecule has 4 rings (SSSR count). The standard InChI is InChI=1S/C21H23N3O4/c25-13-15-5-7-17(8-6-15)28-14-20(26)23-11-9-16(10-12-23)24-19-4-2-1-3-18(19)22-21(24)27/h1-8,16,25H,9-14H2,(H,22,27). The molecule has 7 heteroatoms. The van der Waals surface area contributed by atoms with Crippen LogP contribution in [-0.2, 0) is 11.4 Å². The highest BCUT2D eigenvalue weighted by Crippen LogP contribution is 2.25. The van der Waals surface area contributed by atoms with E-state index in [4.69, 9.17) is 9.84 Å². The summed E-state index contributed by atoms with van der Waals surface area (Å²) in [6.45, 7) is 1.16. The van der Waals surface area contributed by atoms with Gasteiger partial charge in [0, 0.05) is 19.1 Å². The number of rotatable bonds is 5. The molecule has 3 aromatic rings. The molecule has 1 aromatic heterocycles. The largest absolute Gasteiger partial charge is 0.484 e. The summed E-state index contributed by atoms with van der Waals surface area (Å²) in [6.07, 6.45) is 1.47. The summed E-state index contributed by atoms with van der Waals surface area (Å²) < 4.78 is 7.38. The van der Waals surface area contributed by atoms with E-state index in [0.29, 0.717) is 18.8 Å². The zero-order valence-electron chi connectivity index (χ0n) is 15.5. The lowest BCUT2D eigenvalue weighted by Gasteiger charge is -2.32. The molecule has 7 nitrogen and oxygen atoms in total. The van der Waals surface area contributed by atoms with Gasteiger partial charge in [-0.3, -0.25) is 9.36 Å². The third kappa shape index (κ3) is 3.66. The number of likely N-dealkylation sites (tertiary alicyclic amines) is 1. The van der Waals surface area contributed by atoms with Crippen molar-refractivity contribution >= 4 is 16.9 Å². The first kappa shape index (κ1) is 18.3. The zero-order valence-corrected chi connectivity index (χ0v) is 15.5. The Morgan fingerprint density at radius 2 is 1.82 bits per heavy atom. The molecular weight excluding hydrogens is 358 g/mol. The number of H-pyrrole nitrogens is 1. The molecule has 1 aliphatic heterocycles. The van der Waals surface area contributed by atoms with Crippen LogP contribution in [0.1, 0.15) is 24.4 Å². The van der Waals surface area contributed by atoms with Crippen LogP contribution in [0.15, 0.2) is 53.3 Å². The molecule has 1 amide bonds. The highest BCUT2D eigenvalue weighted by Gasteiger charge is 2.26. The first-order valence-electron chi connectivity index (χ1n) is 9.45. The summed E-state index contributed by atoms with van der Waals surface area (Å²) in [6, 6.07) is 14.8. The highest BCUT2D eigenvalue weighted by atomic mass is 16.5. The van der Waals surface area contributed by atoms with Crippen LogP contribution in [0.2, 0.25) is 0 Å². The van der Waals surface area contributed by atoms with E-state index in [1.807, 2.05) is 28.8 Å². The van der Waals surface area contributed by atoms with Crippen LogP contribution >= 0.6 is 0 Å². The number of carbonyl (C=O) groups is 1. The van der Waals surface area contributed by atoms with Gasteiger partial charge in [-0.1, -0.05) is 24.3 Å².